The third-order valence-electron chi connectivity index (χ3n) is 1.99. The van der Waals surface area contributed by atoms with Gasteiger partial charge in [0, 0.05) is 31.4 Å². The molecule has 0 spiro atoms. The summed E-state index contributed by atoms with van der Waals surface area (Å²) in [5.41, 5.74) is 5.47. The highest BCUT2D eigenvalue weighted by Gasteiger charge is 1.97. The largest absolute Gasteiger partial charge is 0.349 e. The summed E-state index contributed by atoms with van der Waals surface area (Å²) in [7, 11) is 0. The first-order valence-electron chi connectivity index (χ1n) is 4.74. The van der Waals surface area contributed by atoms with Gasteiger partial charge in [-0.05, 0) is 19.9 Å². The third kappa shape index (κ3) is 4.05. The summed E-state index contributed by atoms with van der Waals surface area (Å²) >= 11 is 0. The van der Waals surface area contributed by atoms with Crippen molar-refractivity contribution in [3.05, 3.63) is 18.2 Å². The highest BCUT2D eigenvalue weighted by atomic mass is 14.9. The SMILES string of the molecule is CC(CN)NCCCc1ncc[nH]1. The molecule has 0 aliphatic heterocycles. The molecule has 4 nitrogen and oxygen atoms in total. The molecular weight excluding hydrogens is 164 g/mol. The number of aromatic nitrogens is 2. The van der Waals surface area contributed by atoms with E-state index in [1.165, 1.54) is 0 Å². The fourth-order valence-corrected chi connectivity index (χ4v) is 1.12. The Balaban J connectivity index is 2.02. The molecule has 4 heteroatoms. The van der Waals surface area contributed by atoms with Gasteiger partial charge >= 0.3 is 0 Å². The quantitative estimate of drug-likeness (QED) is 0.554. The molecule has 1 aromatic heterocycles. The molecule has 1 heterocycles. The predicted octanol–water partition coefficient (Wildman–Crippen LogP) is 0.279. The Morgan fingerprint density at radius 3 is 3.15 bits per heavy atom. The number of hydrogen-bond acceptors (Lipinski definition) is 3. The van der Waals surface area contributed by atoms with Crippen LogP contribution in [0.25, 0.3) is 0 Å². The van der Waals surface area contributed by atoms with Crippen LogP contribution < -0.4 is 11.1 Å². The lowest BCUT2D eigenvalue weighted by atomic mass is 10.2. The summed E-state index contributed by atoms with van der Waals surface area (Å²) in [4.78, 5) is 7.22. The third-order valence-corrected chi connectivity index (χ3v) is 1.99. The van der Waals surface area contributed by atoms with Crippen LogP contribution in [0.4, 0.5) is 0 Å². The number of nitrogens with two attached hydrogens (primary N) is 1. The van der Waals surface area contributed by atoms with Gasteiger partial charge < -0.3 is 16.0 Å². The molecule has 1 unspecified atom stereocenters. The Labute approximate surface area is 78.9 Å². The second-order valence-electron chi connectivity index (χ2n) is 3.23. The highest BCUT2D eigenvalue weighted by molar-refractivity contribution is 4.86. The summed E-state index contributed by atoms with van der Waals surface area (Å²) in [5, 5.41) is 3.33. The van der Waals surface area contributed by atoms with Crippen LogP contribution in [-0.2, 0) is 6.42 Å². The fraction of sp³-hybridized carbons (Fsp3) is 0.667. The average Bonchev–Trinajstić information content (AvgIpc) is 2.64. The standard InChI is InChI=1S/C9H18N4/c1-8(7-10)11-4-2-3-9-12-5-6-13-9/h5-6,8,11H,2-4,7,10H2,1H3,(H,12,13). The van der Waals surface area contributed by atoms with Crippen molar-refractivity contribution in [2.24, 2.45) is 5.73 Å². The minimum absolute atomic E-state index is 0.414. The van der Waals surface area contributed by atoms with Crippen molar-refractivity contribution in [2.45, 2.75) is 25.8 Å². The first kappa shape index (κ1) is 10.2. The number of hydrogen-bond donors (Lipinski definition) is 3. The molecule has 0 fully saturated rings. The molecule has 0 aliphatic rings. The fourth-order valence-electron chi connectivity index (χ4n) is 1.12. The Kier molecular flexibility index (Phi) is 4.49. The lowest BCUT2D eigenvalue weighted by Gasteiger charge is -2.09. The number of aryl methyl sites for hydroxylation is 1. The van der Waals surface area contributed by atoms with E-state index in [-0.39, 0.29) is 0 Å². The van der Waals surface area contributed by atoms with Gasteiger partial charge in [0.15, 0.2) is 0 Å². The Bertz CT molecular complexity index is 207. The van der Waals surface area contributed by atoms with E-state index in [0.717, 1.165) is 25.2 Å². The Morgan fingerprint density at radius 1 is 1.69 bits per heavy atom. The number of aromatic amines is 1. The van der Waals surface area contributed by atoms with E-state index in [4.69, 9.17) is 5.73 Å². The second kappa shape index (κ2) is 5.72. The molecule has 0 bridgehead atoms. The number of nitrogens with one attached hydrogen (secondary N) is 2. The normalized spacial score (nSPS) is 13.1. The molecule has 13 heavy (non-hydrogen) atoms. The van der Waals surface area contributed by atoms with Crippen LogP contribution in [0.3, 0.4) is 0 Å². The summed E-state index contributed by atoms with van der Waals surface area (Å²) in [6, 6.07) is 0.414. The smallest absolute Gasteiger partial charge is 0.106 e. The van der Waals surface area contributed by atoms with E-state index in [1.807, 2.05) is 6.20 Å². The lowest BCUT2D eigenvalue weighted by molar-refractivity contribution is 0.541. The molecule has 0 saturated carbocycles. The van der Waals surface area contributed by atoms with Crippen molar-refractivity contribution < 1.29 is 0 Å². The van der Waals surface area contributed by atoms with Crippen molar-refractivity contribution in [2.75, 3.05) is 13.1 Å². The summed E-state index contributed by atoms with van der Waals surface area (Å²) in [6.45, 7) is 3.78. The Hall–Kier alpha value is -0.870. The van der Waals surface area contributed by atoms with E-state index in [0.29, 0.717) is 12.6 Å². The van der Waals surface area contributed by atoms with E-state index in [1.54, 1.807) is 6.20 Å². The van der Waals surface area contributed by atoms with Gasteiger partial charge in [0.25, 0.3) is 0 Å². The topological polar surface area (TPSA) is 66.7 Å². The maximum atomic E-state index is 5.47. The van der Waals surface area contributed by atoms with Crippen molar-refractivity contribution in [3.8, 4) is 0 Å². The molecule has 0 radical (unpaired) electrons. The number of rotatable bonds is 6. The summed E-state index contributed by atoms with van der Waals surface area (Å²) < 4.78 is 0. The summed E-state index contributed by atoms with van der Waals surface area (Å²) in [5.74, 6) is 1.06. The van der Waals surface area contributed by atoms with Crippen molar-refractivity contribution in [1.29, 1.82) is 0 Å². The van der Waals surface area contributed by atoms with Gasteiger partial charge in [-0.25, -0.2) is 4.98 Å². The molecule has 0 aliphatic carbocycles. The molecule has 0 amide bonds. The highest BCUT2D eigenvalue weighted by Crippen LogP contribution is 1.93. The number of H-pyrrole nitrogens is 1. The van der Waals surface area contributed by atoms with Crippen LogP contribution in [0.15, 0.2) is 12.4 Å². The maximum absolute atomic E-state index is 5.47. The molecule has 1 atom stereocenters. The molecule has 74 valence electrons. The van der Waals surface area contributed by atoms with Crippen LogP contribution in [0, 0.1) is 0 Å². The monoisotopic (exact) mass is 182 g/mol. The molecule has 1 rings (SSSR count). The van der Waals surface area contributed by atoms with Gasteiger partial charge in [0.2, 0.25) is 0 Å². The Morgan fingerprint density at radius 2 is 2.54 bits per heavy atom. The number of imidazole rings is 1. The molecule has 0 saturated heterocycles. The molecule has 1 aromatic rings. The van der Waals surface area contributed by atoms with Crippen LogP contribution in [0.5, 0.6) is 0 Å². The zero-order valence-electron chi connectivity index (χ0n) is 8.09. The first-order valence-corrected chi connectivity index (χ1v) is 4.74. The zero-order chi connectivity index (χ0) is 9.52. The van der Waals surface area contributed by atoms with Gasteiger partial charge in [-0.1, -0.05) is 0 Å². The van der Waals surface area contributed by atoms with E-state index >= 15 is 0 Å². The maximum Gasteiger partial charge on any atom is 0.106 e. The van der Waals surface area contributed by atoms with Crippen LogP contribution in [-0.4, -0.2) is 29.1 Å². The van der Waals surface area contributed by atoms with E-state index in [9.17, 15) is 0 Å². The predicted molar refractivity (Wildman–Crippen MR) is 53.4 cm³/mol. The van der Waals surface area contributed by atoms with Gasteiger partial charge in [-0.3, -0.25) is 0 Å². The molecule has 4 N–H and O–H groups in total. The van der Waals surface area contributed by atoms with Gasteiger partial charge in [-0.2, -0.15) is 0 Å². The van der Waals surface area contributed by atoms with Crippen molar-refractivity contribution in [1.82, 2.24) is 15.3 Å². The minimum Gasteiger partial charge on any atom is -0.349 e. The van der Waals surface area contributed by atoms with Crippen molar-refractivity contribution in [3.63, 3.8) is 0 Å². The molecular formula is C9H18N4. The van der Waals surface area contributed by atoms with Gasteiger partial charge in [-0.15, -0.1) is 0 Å². The van der Waals surface area contributed by atoms with Crippen molar-refractivity contribution >= 4 is 0 Å². The molecule has 0 aromatic carbocycles. The van der Waals surface area contributed by atoms with E-state index < -0.39 is 0 Å². The van der Waals surface area contributed by atoms with Crippen LogP contribution >= 0.6 is 0 Å². The van der Waals surface area contributed by atoms with Gasteiger partial charge in [0.1, 0.15) is 5.82 Å². The van der Waals surface area contributed by atoms with Crippen LogP contribution in [0.1, 0.15) is 19.2 Å². The number of nitrogens with zero attached hydrogens (tertiary/aromatic N) is 1. The lowest BCUT2D eigenvalue weighted by Crippen LogP contribution is -2.33. The summed E-state index contributed by atoms with van der Waals surface area (Å²) in [6.07, 6.45) is 5.73. The average molecular weight is 182 g/mol. The first-order chi connectivity index (χ1) is 6.33. The van der Waals surface area contributed by atoms with Gasteiger partial charge in [0.05, 0.1) is 0 Å². The minimum atomic E-state index is 0.414. The van der Waals surface area contributed by atoms with Crippen LogP contribution in [0.2, 0.25) is 0 Å². The van der Waals surface area contributed by atoms with E-state index in [2.05, 4.69) is 22.2 Å². The zero-order valence-corrected chi connectivity index (χ0v) is 8.09. The second-order valence-corrected chi connectivity index (χ2v) is 3.23.